The summed E-state index contributed by atoms with van der Waals surface area (Å²) in [6.45, 7) is 5.42. The van der Waals surface area contributed by atoms with Gasteiger partial charge in [-0.05, 0) is 37.5 Å². The smallest absolute Gasteiger partial charge is 0.110 e. The van der Waals surface area contributed by atoms with Crippen molar-refractivity contribution in [2.24, 2.45) is 7.05 Å². The van der Waals surface area contributed by atoms with Crippen LogP contribution in [0.5, 0.6) is 0 Å². The minimum atomic E-state index is 0.479. The molecule has 0 aliphatic carbocycles. The monoisotopic (exact) mass is 285 g/mol. The number of hydrogen-bond acceptors (Lipinski definition) is 3. The lowest BCUT2D eigenvalue weighted by atomic mass is 10.2. The Bertz CT molecular complexity index is 651. The van der Waals surface area contributed by atoms with Gasteiger partial charge in [-0.25, -0.2) is 4.98 Å². The summed E-state index contributed by atoms with van der Waals surface area (Å²) >= 11 is 0. The van der Waals surface area contributed by atoms with Gasteiger partial charge in [0.2, 0.25) is 0 Å². The first-order valence-electron chi connectivity index (χ1n) is 7.99. The fourth-order valence-corrected chi connectivity index (χ4v) is 3.71. The molecule has 2 fully saturated rings. The third kappa shape index (κ3) is 2.47. The van der Waals surface area contributed by atoms with E-state index in [-0.39, 0.29) is 0 Å². The largest absolute Gasteiger partial charge is 0.372 e. The number of rotatable bonds is 3. The molecule has 2 unspecified atom stereocenters. The van der Waals surface area contributed by atoms with Crippen LogP contribution >= 0.6 is 0 Å². The van der Waals surface area contributed by atoms with Gasteiger partial charge in [-0.1, -0.05) is 6.07 Å². The number of benzene rings is 1. The molecule has 2 aromatic rings. The zero-order chi connectivity index (χ0) is 14.4. The van der Waals surface area contributed by atoms with E-state index in [1.807, 2.05) is 0 Å². The van der Waals surface area contributed by atoms with Crippen LogP contribution in [0.3, 0.4) is 0 Å². The van der Waals surface area contributed by atoms with Crippen molar-refractivity contribution in [3.63, 3.8) is 0 Å². The first-order valence-corrected chi connectivity index (χ1v) is 7.99. The van der Waals surface area contributed by atoms with E-state index in [2.05, 4.69) is 41.6 Å². The summed E-state index contributed by atoms with van der Waals surface area (Å²) in [6, 6.07) is 6.49. The van der Waals surface area contributed by atoms with Crippen molar-refractivity contribution in [2.45, 2.75) is 38.4 Å². The summed E-state index contributed by atoms with van der Waals surface area (Å²) in [7, 11) is 2.13. The highest BCUT2D eigenvalue weighted by Crippen LogP contribution is 2.26. The van der Waals surface area contributed by atoms with E-state index >= 15 is 0 Å². The van der Waals surface area contributed by atoms with Crippen LogP contribution in [0.4, 0.5) is 0 Å². The number of morpholine rings is 1. The molecule has 2 saturated heterocycles. The molecule has 2 aliphatic heterocycles. The summed E-state index contributed by atoms with van der Waals surface area (Å²) in [4.78, 5) is 7.35. The summed E-state index contributed by atoms with van der Waals surface area (Å²) in [5.74, 6) is 1.19. The number of likely N-dealkylation sites (tertiary alicyclic amines) is 1. The van der Waals surface area contributed by atoms with Gasteiger partial charge in [0.1, 0.15) is 5.82 Å². The standard InChI is InChI=1S/C17H23N3O/c1-12-3-6-15-16(9-12)19(2)17(18-15)7-8-20-10-13-4-5-14(11-20)21-13/h3,6,9,13-14H,4-5,7-8,10-11H2,1-2H3. The van der Waals surface area contributed by atoms with Crippen LogP contribution in [0.1, 0.15) is 24.2 Å². The Balaban J connectivity index is 1.48. The summed E-state index contributed by atoms with van der Waals surface area (Å²) in [6.07, 6.45) is 4.46. The maximum absolute atomic E-state index is 5.90. The van der Waals surface area contributed by atoms with Gasteiger partial charge in [0.05, 0.1) is 23.2 Å². The number of imidazole rings is 1. The topological polar surface area (TPSA) is 30.3 Å². The second-order valence-corrected chi connectivity index (χ2v) is 6.55. The molecule has 3 heterocycles. The van der Waals surface area contributed by atoms with Crippen molar-refractivity contribution in [1.82, 2.24) is 14.5 Å². The Morgan fingerprint density at radius 3 is 2.76 bits per heavy atom. The van der Waals surface area contributed by atoms with E-state index in [1.165, 1.54) is 29.7 Å². The summed E-state index contributed by atoms with van der Waals surface area (Å²) < 4.78 is 8.15. The average Bonchev–Trinajstić information content (AvgIpc) is 2.97. The molecule has 2 aliphatic rings. The van der Waals surface area contributed by atoms with Gasteiger partial charge in [-0.15, -0.1) is 0 Å². The molecule has 1 aromatic heterocycles. The number of aryl methyl sites for hydroxylation is 2. The lowest BCUT2D eigenvalue weighted by Crippen LogP contribution is -2.43. The fourth-order valence-electron chi connectivity index (χ4n) is 3.71. The maximum atomic E-state index is 5.90. The Morgan fingerprint density at radius 2 is 2.00 bits per heavy atom. The number of hydrogen-bond donors (Lipinski definition) is 0. The fraction of sp³-hybridized carbons (Fsp3) is 0.588. The molecule has 0 spiro atoms. The molecule has 112 valence electrons. The molecule has 2 atom stereocenters. The molecule has 2 bridgehead atoms. The van der Waals surface area contributed by atoms with Crippen molar-refractivity contribution in [3.05, 3.63) is 29.6 Å². The van der Waals surface area contributed by atoms with Crippen LogP contribution in [-0.2, 0) is 18.2 Å². The number of fused-ring (bicyclic) bond motifs is 3. The first-order chi connectivity index (χ1) is 10.2. The second kappa shape index (κ2) is 5.11. The Labute approximate surface area is 125 Å². The van der Waals surface area contributed by atoms with Gasteiger partial charge in [-0.3, -0.25) is 4.90 Å². The minimum absolute atomic E-state index is 0.479. The third-order valence-electron chi connectivity index (χ3n) is 4.90. The quantitative estimate of drug-likeness (QED) is 0.867. The molecule has 0 amide bonds. The highest BCUT2D eigenvalue weighted by Gasteiger charge is 2.33. The molecule has 0 N–H and O–H groups in total. The van der Waals surface area contributed by atoms with E-state index in [0.717, 1.165) is 31.6 Å². The molecule has 0 radical (unpaired) electrons. The SMILES string of the molecule is Cc1ccc2nc(CCN3CC4CCC(C3)O4)n(C)c2c1. The van der Waals surface area contributed by atoms with Crippen molar-refractivity contribution in [2.75, 3.05) is 19.6 Å². The van der Waals surface area contributed by atoms with Crippen molar-refractivity contribution in [1.29, 1.82) is 0 Å². The van der Waals surface area contributed by atoms with Crippen molar-refractivity contribution >= 4 is 11.0 Å². The predicted octanol–water partition coefficient (Wildman–Crippen LogP) is 2.29. The molecule has 21 heavy (non-hydrogen) atoms. The van der Waals surface area contributed by atoms with Gasteiger partial charge in [-0.2, -0.15) is 0 Å². The zero-order valence-electron chi connectivity index (χ0n) is 12.9. The van der Waals surface area contributed by atoms with Crippen molar-refractivity contribution in [3.8, 4) is 0 Å². The van der Waals surface area contributed by atoms with Crippen LogP contribution in [0.2, 0.25) is 0 Å². The van der Waals surface area contributed by atoms with Gasteiger partial charge in [0.15, 0.2) is 0 Å². The molecule has 1 aromatic carbocycles. The van der Waals surface area contributed by atoms with Gasteiger partial charge in [0, 0.05) is 33.1 Å². The lowest BCUT2D eigenvalue weighted by Gasteiger charge is -2.31. The lowest BCUT2D eigenvalue weighted by molar-refractivity contribution is -0.0379. The highest BCUT2D eigenvalue weighted by molar-refractivity contribution is 5.76. The molecule has 0 saturated carbocycles. The molecular weight excluding hydrogens is 262 g/mol. The van der Waals surface area contributed by atoms with Gasteiger partial charge in [0.25, 0.3) is 0 Å². The molecule has 4 rings (SSSR count). The van der Waals surface area contributed by atoms with Crippen LogP contribution in [0.15, 0.2) is 18.2 Å². The normalized spacial score (nSPS) is 25.8. The van der Waals surface area contributed by atoms with Gasteiger partial charge < -0.3 is 9.30 Å². The minimum Gasteiger partial charge on any atom is -0.372 e. The Hall–Kier alpha value is -1.39. The maximum Gasteiger partial charge on any atom is 0.110 e. The number of nitrogens with zero attached hydrogens (tertiary/aromatic N) is 3. The predicted molar refractivity (Wildman–Crippen MR) is 83.5 cm³/mol. The van der Waals surface area contributed by atoms with Crippen LogP contribution < -0.4 is 0 Å². The Morgan fingerprint density at radius 1 is 1.24 bits per heavy atom. The molecule has 4 heteroatoms. The van der Waals surface area contributed by atoms with Crippen LogP contribution in [-0.4, -0.2) is 46.3 Å². The van der Waals surface area contributed by atoms with E-state index in [4.69, 9.17) is 9.72 Å². The van der Waals surface area contributed by atoms with E-state index in [1.54, 1.807) is 0 Å². The van der Waals surface area contributed by atoms with Crippen LogP contribution in [0.25, 0.3) is 11.0 Å². The Kier molecular flexibility index (Phi) is 3.23. The second-order valence-electron chi connectivity index (χ2n) is 6.55. The highest BCUT2D eigenvalue weighted by atomic mass is 16.5. The summed E-state index contributed by atoms with van der Waals surface area (Å²) in [5.41, 5.74) is 3.65. The van der Waals surface area contributed by atoms with E-state index in [0.29, 0.717) is 12.2 Å². The number of aromatic nitrogens is 2. The average molecular weight is 285 g/mol. The first kappa shape index (κ1) is 13.3. The summed E-state index contributed by atoms with van der Waals surface area (Å²) in [5, 5.41) is 0. The van der Waals surface area contributed by atoms with Crippen LogP contribution in [0, 0.1) is 6.92 Å². The van der Waals surface area contributed by atoms with E-state index < -0.39 is 0 Å². The third-order valence-corrected chi connectivity index (χ3v) is 4.90. The number of ether oxygens (including phenoxy) is 1. The zero-order valence-corrected chi connectivity index (χ0v) is 12.9. The van der Waals surface area contributed by atoms with Crippen molar-refractivity contribution < 1.29 is 4.74 Å². The van der Waals surface area contributed by atoms with E-state index in [9.17, 15) is 0 Å². The molecular formula is C17H23N3O. The molecule has 4 nitrogen and oxygen atoms in total. The van der Waals surface area contributed by atoms with Gasteiger partial charge >= 0.3 is 0 Å².